The summed E-state index contributed by atoms with van der Waals surface area (Å²) in [6.07, 6.45) is 3.08. The zero-order valence-corrected chi connectivity index (χ0v) is 12.0. The van der Waals surface area contributed by atoms with Crippen LogP contribution in [0.4, 0.5) is 5.82 Å². The maximum Gasteiger partial charge on any atom is 0.245 e. The molecule has 0 bridgehead atoms. The first-order chi connectivity index (χ1) is 9.65. The molecular weight excluding hydrogens is 278 g/mol. The number of aromatic nitrogens is 2. The molecule has 108 valence electrons. The number of morpholine rings is 1. The van der Waals surface area contributed by atoms with Crippen LogP contribution < -0.4 is 16.0 Å². The molecule has 0 saturated carbocycles. The summed E-state index contributed by atoms with van der Waals surface area (Å²) in [5.41, 5.74) is 6.10. The molecule has 3 N–H and O–H groups in total. The summed E-state index contributed by atoms with van der Waals surface area (Å²) in [7, 11) is 0. The van der Waals surface area contributed by atoms with Gasteiger partial charge in [0.25, 0.3) is 0 Å². The zero-order chi connectivity index (χ0) is 14.5. The second-order valence-electron chi connectivity index (χ2n) is 4.27. The van der Waals surface area contributed by atoms with E-state index in [9.17, 15) is 4.79 Å². The first kappa shape index (κ1) is 14.6. The smallest absolute Gasteiger partial charge is 0.245 e. The molecule has 0 aliphatic carbocycles. The Labute approximate surface area is 122 Å². The van der Waals surface area contributed by atoms with E-state index in [0.717, 1.165) is 0 Å². The van der Waals surface area contributed by atoms with Crippen molar-refractivity contribution >= 4 is 28.9 Å². The van der Waals surface area contributed by atoms with E-state index in [1.165, 1.54) is 6.20 Å². The number of carbonyl (C=O) groups is 1. The van der Waals surface area contributed by atoms with Crippen molar-refractivity contribution in [1.82, 2.24) is 15.3 Å². The van der Waals surface area contributed by atoms with Gasteiger partial charge in [0, 0.05) is 25.5 Å². The van der Waals surface area contributed by atoms with Crippen LogP contribution in [0.1, 0.15) is 12.6 Å². The third-order valence-electron chi connectivity index (χ3n) is 2.97. The highest BCUT2D eigenvalue weighted by Crippen LogP contribution is 2.20. The zero-order valence-electron chi connectivity index (χ0n) is 11.2. The van der Waals surface area contributed by atoms with Gasteiger partial charge >= 0.3 is 0 Å². The monoisotopic (exact) mass is 295 g/mol. The highest BCUT2D eigenvalue weighted by molar-refractivity contribution is 7.80. The molecule has 0 radical (unpaired) electrons. The maximum atomic E-state index is 12.1. The van der Waals surface area contributed by atoms with Crippen molar-refractivity contribution in [3.8, 4) is 0 Å². The van der Waals surface area contributed by atoms with Crippen molar-refractivity contribution in [2.45, 2.75) is 13.0 Å². The van der Waals surface area contributed by atoms with Gasteiger partial charge in [0.05, 0.1) is 13.2 Å². The topological polar surface area (TPSA) is 93.4 Å². The molecule has 1 aromatic heterocycles. The van der Waals surface area contributed by atoms with E-state index in [2.05, 4.69) is 15.3 Å². The number of thiocarbonyl (C=S) groups is 1. The van der Waals surface area contributed by atoms with E-state index >= 15 is 0 Å². The fourth-order valence-corrected chi connectivity index (χ4v) is 2.23. The quantitative estimate of drug-likeness (QED) is 0.720. The number of nitrogens with one attached hydrogen (secondary N) is 1. The molecule has 1 aliphatic heterocycles. The SMILES string of the molecule is CCNC(=O)C1COCCN1c1nccnc1C(N)=S. The summed E-state index contributed by atoms with van der Waals surface area (Å²) < 4.78 is 5.39. The van der Waals surface area contributed by atoms with Crippen LogP contribution in [0.3, 0.4) is 0 Å². The molecule has 1 unspecified atom stereocenters. The number of hydrogen-bond donors (Lipinski definition) is 2. The van der Waals surface area contributed by atoms with Gasteiger partial charge in [0.2, 0.25) is 5.91 Å². The number of likely N-dealkylation sites (N-methyl/N-ethyl adjacent to an activating group) is 1. The number of hydrogen-bond acceptors (Lipinski definition) is 6. The van der Waals surface area contributed by atoms with Gasteiger partial charge in [-0.2, -0.15) is 0 Å². The molecule has 2 heterocycles. The minimum absolute atomic E-state index is 0.105. The molecule has 7 nitrogen and oxygen atoms in total. The number of anilines is 1. The average Bonchev–Trinajstić information content (AvgIpc) is 2.47. The van der Waals surface area contributed by atoms with Crippen LogP contribution in [0.15, 0.2) is 12.4 Å². The van der Waals surface area contributed by atoms with Gasteiger partial charge < -0.3 is 20.7 Å². The highest BCUT2D eigenvalue weighted by atomic mass is 32.1. The van der Waals surface area contributed by atoms with Crippen LogP contribution in [0.5, 0.6) is 0 Å². The third-order valence-corrected chi connectivity index (χ3v) is 3.16. The lowest BCUT2D eigenvalue weighted by Gasteiger charge is -2.35. The fourth-order valence-electron chi connectivity index (χ4n) is 2.08. The van der Waals surface area contributed by atoms with Gasteiger partial charge in [-0.15, -0.1) is 0 Å². The maximum absolute atomic E-state index is 12.1. The van der Waals surface area contributed by atoms with Crippen molar-refractivity contribution in [1.29, 1.82) is 0 Å². The Morgan fingerprint density at radius 3 is 3.05 bits per heavy atom. The number of nitrogens with two attached hydrogens (primary N) is 1. The van der Waals surface area contributed by atoms with Gasteiger partial charge in [-0.1, -0.05) is 12.2 Å². The molecule has 0 aromatic carbocycles. The first-order valence-corrected chi connectivity index (χ1v) is 6.79. The fraction of sp³-hybridized carbons (Fsp3) is 0.500. The van der Waals surface area contributed by atoms with Gasteiger partial charge in [-0.3, -0.25) is 4.79 Å². The van der Waals surface area contributed by atoms with E-state index in [1.54, 1.807) is 6.20 Å². The molecule has 1 atom stereocenters. The van der Waals surface area contributed by atoms with Crippen LogP contribution in [-0.4, -0.2) is 53.2 Å². The number of nitrogens with zero attached hydrogens (tertiary/aromatic N) is 3. The summed E-state index contributed by atoms with van der Waals surface area (Å²) in [5.74, 6) is 0.422. The summed E-state index contributed by atoms with van der Waals surface area (Å²) in [5, 5.41) is 2.79. The van der Waals surface area contributed by atoms with Gasteiger partial charge in [0.15, 0.2) is 5.82 Å². The Morgan fingerprint density at radius 2 is 2.35 bits per heavy atom. The van der Waals surface area contributed by atoms with Crippen LogP contribution in [0.2, 0.25) is 0 Å². The molecule has 20 heavy (non-hydrogen) atoms. The molecule has 1 amide bonds. The molecule has 0 spiro atoms. The average molecular weight is 295 g/mol. The van der Waals surface area contributed by atoms with Crippen molar-refractivity contribution in [3.05, 3.63) is 18.1 Å². The first-order valence-electron chi connectivity index (χ1n) is 6.38. The molecule has 1 fully saturated rings. The standard InChI is InChI=1S/C12H17N5O2S/c1-2-14-12(18)8-7-19-6-5-17(8)11-9(10(13)20)15-3-4-16-11/h3-4,8H,2,5-7H2,1H3,(H2,13,20)(H,14,18). The Kier molecular flexibility index (Phi) is 4.80. The summed E-state index contributed by atoms with van der Waals surface area (Å²) in [6, 6.07) is -0.450. The third kappa shape index (κ3) is 3.02. The van der Waals surface area contributed by atoms with E-state index in [-0.39, 0.29) is 10.9 Å². The number of carbonyl (C=O) groups excluding carboxylic acids is 1. The Balaban J connectivity index is 2.33. The largest absolute Gasteiger partial charge is 0.388 e. The second kappa shape index (κ2) is 6.58. The lowest BCUT2D eigenvalue weighted by atomic mass is 10.2. The van der Waals surface area contributed by atoms with Crippen molar-refractivity contribution in [3.63, 3.8) is 0 Å². The Hall–Kier alpha value is -1.80. The Bertz CT molecular complexity index is 510. The summed E-state index contributed by atoms with van der Waals surface area (Å²) >= 11 is 4.99. The minimum atomic E-state index is -0.450. The number of ether oxygens (including phenoxy) is 1. The van der Waals surface area contributed by atoms with Crippen LogP contribution in [-0.2, 0) is 9.53 Å². The normalized spacial score (nSPS) is 18.6. The van der Waals surface area contributed by atoms with Crippen LogP contribution in [0, 0.1) is 0 Å². The summed E-state index contributed by atoms with van der Waals surface area (Å²) in [6.45, 7) is 3.79. The van der Waals surface area contributed by atoms with E-state index < -0.39 is 6.04 Å². The highest BCUT2D eigenvalue weighted by Gasteiger charge is 2.32. The number of amides is 1. The van der Waals surface area contributed by atoms with Gasteiger partial charge in [-0.05, 0) is 6.92 Å². The van der Waals surface area contributed by atoms with Crippen molar-refractivity contribution < 1.29 is 9.53 Å². The minimum Gasteiger partial charge on any atom is -0.388 e. The van der Waals surface area contributed by atoms with Crippen molar-refractivity contribution in [2.24, 2.45) is 5.73 Å². The van der Waals surface area contributed by atoms with E-state index in [0.29, 0.717) is 37.8 Å². The lowest BCUT2D eigenvalue weighted by Crippen LogP contribution is -2.54. The molecule has 1 saturated heterocycles. The molecule has 1 aliphatic rings. The lowest BCUT2D eigenvalue weighted by molar-refractivity contribution is -0.124. The van der Waals surface area contributed by atoms with E-state index in [4.69, 9.17) is 22.7 Å². The van der Waals surface area contributed by atoms with Crippen LogP contribution >= 0.6 is 12.2 Å². The number of rotatable bonds is 4. The molecule has 2 rings (SSSR count). The van der Waals surface area contributed by atoms with Gasteiger partial charge in [-0.25, -0.2) is 9.97 Å². The molecule has 1 aromatic rings. The van der Waals surface area contributed by atoms with Crippen LogP contribution in [0.25, 0.3) is 0 Å². The van der Waals surface area contributed by atoms with E-state index in [1.807, 2.05) is 11.8 Å². The second-order valence-corrected chi connectivity index (χ2v) is 4.71. The molecule has 8 heteroatoms. The predicted molar refractivity (Wildman–Crippen MR) is 78.6 cm³/mol. The van der Waals surface area contributed by atoms with Gasteiger partial charge in [0.1, 0.15) is 16.7 Å². The molecular formula is C12H17N5O2S. The van der Waals surface area contributed by atoms with Crippen molar-refractivity contribution in [2.75, 3.05) is 31.2 Å². The Morgan fingerprint density at radius 1 is 1.60 bits per heavy atom. The summed E-state index contributed by atoms with van der Waals surface area (Å²) in [4.78, 5) is 22.5. The predicted octanol–water partition coefficient (Wildman–Crippen LogP) is -0.548.